The molecule has 0 aromatic rings. The van der Waals surface area contributed by atoms with Crippen molar-refractivity contribution in [3.63, 3.8) is 0 Å². The average Bonchev–Trinajstić information content (AvgIpc) is 2.56. The van der Waals surface area contributed by atoms with Crippen LogP contribution in [-0.2, 0) is 14.4 Å². The number of piperidine rings is 1. The molecule has 1 aliphatic heterocycles. The Kier molecular flexibility index (Phi) is 8.30. The van der Waals surface area contributed by atoms with E-state index >= 15 is 0 Å². The molecule has 138 valence electrons. The number of nitrogens with one attached hydrogen (secondary N) is 3. The number of carbonyl (C=O) groups excluding carboxylic acids is 3. The monoisotopic (exact) mass is 342 g/mol. The highest BCUT2D eigenvalue weighted by atomic mass is 16.3. The summed E-state index contributed by atoms with van der Waals surface area (Å²) >= 11 is 0. The molecule has 8 heteroatoms. The number of hydrogen-bond donors (Lipinski definition) is 5. The van der Waals surface area contributed by atoms with Gasteiger partial charge in [-0.3, -0.25) is 14.4 Å². The minimum absolute atomic E-state index is 0.0320. The SMILES string of the molecule is CC(C)C(=O)[C@@H](CN)NC(=O)[C@@H](NC(=O)[C@H]1CCCNC1)[C@H](C)O. The molecule has 1 heterocycles. The van der Waals surface area contributed by atoms with Crippen LogP contribution in [0, 0.1) is 11.8 Å². The van der Waals surface area contributed by atoms with Crippen molar-refractivity contribution in [2.24, 2.45) is 17.6 Å². The van der Waals surface area contributed by atoms with Crippen molar-refractivity contribution in [2.75, 3.05) is 19.6 Å². The van der Waals surface area contributed by atoms with Crippen LogP contribution in [0.4, 0.5) is 0 Å². The number of aliphatic hydroxyl groups excluding tert-OH is 1. The van der Waals surface area contributed by atoms with E-state index in [1.54, 1.807) is 13.8 Å². The van der Waals surface area contributed by atoms with Crippen molar-refractivity contribution < 1.29 is 19.5 Å². The second kappa shape index (κ2) is 9.71. The van der Waals surface area contributed by atoms with Gasteiger partial charge in [-0.1, -0.05) is 13.8 Å². The van der Waals surface area contributed by atoms with E-state index in [-0.39, 0.29) is 30.1 Å². The molecule has 4 atom stereocenters. The smallest absolute Gasteiger partial charge is 0.245 e. The van der Waals surface area contributed by atoms with Gasteiger partial charge < -0.3 is 26.8 Å². The molecule has 8 nitrogen and oxygen atoms in total. The van der Waals surface area contributed by atoms with Gasteiger partial charge in [0.15, 0.2) is 5.78 Å². The molecule has 0 bridgehead atoms. The molecular weight excluding hydrogens is 312 g/mol. The first kappa shape index (κ1) is 20.5. The lowest BCUT2D eigenvalue weighted by molar-refractivity contribution is -0.135. The number of nitrogens with two attached hydrogens (primary N) is 1. The maximum Gasteiger partial charge on any atom is 0.245 e. The zero-order chi connectivity index (χ0) is 18.3. The summed E-state index contributed by atoms with van der Waals surface area (Å²) in [6.07, 6.45) is 0.546. The standard InChI is InChI=1S/C16H30N4O4/c1-9(2)14(22)12(7-17)19-16(24)13(10(3)21)20-15(23)11-5-4-6-18-8-11/h9-13,18,21H,4-8,17H2,1-3H3,(H,19,24)(H,20,23)/t10-,11-,12+,13-/m0/s1. The molecule has 0 aromatic heterocycles. The third kappa shape index (κ3) is 5.85. The summed E-state index contributed by atoms with van der Waals surface area (Å²) in [5, 5.41) is 18.1. The Morgan fingerprint density at radius 1 is 1.25 bits per heavy atom. The topological polar surface area (TPSA) is 134 Å². The molecule has 1 aliphatic rings. The first-order valence-electron chi connectivity index (χ1n) is 8.51. The first-order chi connectivity index (χ1) is 11.3. The fourth-order valence-corrected chi connectivity index (χ4v) is 2.66. The molecule has 0 saturated carbocycles. The third-order valence-electron chi connectivity index (χ3n) is 4.19. The summed E-state index contributed by atoms with van der Waals surface area (Å²) in [6.45, 7) is 6.26. The predicted octanol–water partition coefficient (Wildman–Crippen LogP) is -1.48. The van der Waals surface area contributed by atoms with E-state index in [9.17, 15) is 19.5 Å². The minimum Gasteiger partial charge on any atom is -0.391 e. The lowest BCUT2D eigenvalue weighted by Gasteiger charge is -2.27. The molecule has 1 saturated heterocycles. The first-order valence-corrected chi connectivity index (χ1v) is 8.51. The van der Waals surface area contributed by atoms with Crippen molar-refractivity contribution in [3.8, 4) is 0 Å². The number of ketones is 1. The maximum atomic E-state index is 12.4. The normalized spacial score (nSPS) is 21.7. The van der Waals surface area contributed by atoms with Crippen LogP contribution in [0.15, 0.2) is 0 Å². The van der Waals surface area contributed by atoms with E-state index in [1.165, 1.54) is 6.92 Å². The van der Waals surface area contributed by atoms with Gasteiger partial charge in [-0.05, 0) is 26.3 Å². The van der Waals surface area contributed by atoms with Gasteiger partial charge in [-0.2, -0.15) is 0 Å². The minimum atomic E-state index is -1.12. The van der Waals surface area contributed by atoms with Crippen LogP contribution in [0.5, 0.6) is 0 Å². The summed E-state index contributed by atoms with van der Waals surface area (Å²) < 4.78 is 0. The van der Waals surface area contributed by atoms with Gasteiger partial charge in [0.25, 0.3) is 0 Å². The summed E-state index contributed by atoms with van der Waals surface area (Å²) in [5.41, 5.74) is 5.56. The van der Waals surface area contributed by atoms with Gasteiger partial charge in [-0.15, -0.1) is 0 Å². The third-order valence-corrected chi connectivity index (χ3v) is 4.19. The number of aliphatic hydroxyl groups is 1. The number of rotatable bonds is 8. The van der Waals surface area contributed by atoms with Crippen LogP contribution < -0.4 is 21.7 Å². The van der Waals surface area contributed by atoms with E-state index in [0.29, 0.717) is 6.54 Å². The average molecular weight is 342 g/mol. The highest BCUT2D eigenvalue weighted by Crippen LogP contribution is 2.10. The largest absolute Gasteiger partial charge is 0.391 e. The van der Waals surface area contributed by atoms with E-state index in [4.69, 9.17) is 5.73 Å². The molecule has 0 unspecified atom stereocenters. The van der Waals surface area contributed by atoms with Crippen molar-refractivity contribution in [3.05, 3.63) is 0 Å². The van der Waals surface area contributed by atoms with E-state index < -0.39 is 24.1 Å². The Morgan fingerprint density at radius 2 is 1.92 bits per heavy atom. The lowest BCUT2D eigenvalue weighted by Crippen LogP contribution is -2.58. The lowest BCUT2D eigenvalue weighted by atomic mass is 9.97. The van der Waals surface area contributed by atoms with Crippen LogP contribution in [0.1, 0.15) is 33.6 Å². The van der Waals surface area contributed by atoms with Gasteiger partial charge in [0, 0.05) is 19.0 Å². The Labute approximate surface area is 142 Å². The molecule has 0 spiro atoms. The van der Waals surface area contributed by atoms with Crippen LogP contribution in [0.25, 0.3) is 0 Å². The van der Waals surface area contributed by atoms with Gasteiger partial charge >= 0.3 is 0 Å². The van der Waals surface area contributed by atoms with Crippen LogP contribution in [0.2, 0.25) is 0 Å². The highest BCUT2D eigenvalue weighted by molar-refractivity contribution is 5.94. The van der Waals surface area contributed by atoms with Gasteiger partial charge in [0.1, 0.15) is 6.04 Å². The zero-order valence-corrected chi connectivity index (χ0v) is 14.7. The summed E-state index contributed by atoms with van der Waals surface area (Å²) in [7, 11) is 0. The molecule has 2 amide bonds. The molecule has 0 aliphatic carbocycles. The number of hydrogen-bond acceptors (Lipinski definition) is 6. The number of carbonyl (C=O) groups is 3. The summed E-state index contributed by atoms with van der Waals surface area (Å²) in [6, 6.07) is -1.94. The van der Waals surface area contributed by atoms with E-state index in [0.717, 1.165) is 19.4 Å². The Bertz CT molecular complexity index is 447. The van der Waals surface area contributed by atoms with Crippen molar-refractivity contribution in [1.29, 1.82) is 0 Å². The van der Waals surface area contributed by atoms with Crippen molar-refractivity contribution in [1.82, 2.24) is 16.0 Å². The fraction of sp³-hybridized carbons (Fsp3) is 0.812. The Balaban J connectivity index is 2.70. The summed E-state index contributed by atoms with van der Waals surface area (Å²) in [4.78, 5) is 36.7. The predicted molar refractivity (Wildman–Crippen MR) is 90.0 cm³/mol. The van der Waals surface area contributed by atoms with Gasteiger partial charge in [0.05, 0.1) is 18.1 Å². The number of amides is 2. The van der Waals surface area contributed by atoms with Crippen LogP contribution in [0.3, 0.4) is 0 Å². The van der Waals surface area contributed by atoms with E-state index in [2.05, 4.69) is 16.0 Å². The van der Waals surface area contributed by atoms with Gasteiger partial charge in [-0.25, -0.2) is 0 Å². The van der Waals surface area contributed by atoms with Crippen molar-refractivity contribution in [2.45, 2.75) is 51.8 Å². The van der Waals surface area contributed by atoms with E-state index in [1.807, 2.05) is 0 Å². The molecular formula is C16H30N4O4. The maximum absolute atomic E-state index is 12.4. The second-order valence-corrected chi connectivity index (χ2v) is 6.62. The van der Waals surface area contributed by atoms with Gasteiger partial charge in [0.2, 0.25) is 11.8 Å². The molecule has 1 rings (SSSR count). The van der Waals surface area contributed by atoms with Crippen LogP contribution >= 0.6 is 0 Å². The number of Topliss-reactive ketones (excluding diaryl/α,β-unsaturated/α-hetero) is 1. The molecule has 6 N–H and O–H groups in total. The summed E-state index contributed by atoms with van der Waals surface area (Å²) in [5.74, 6) is -1.56. The Morgan fingerprint density at radius 3 is 2.38 bits per heavy atom. The second-order valence-electron chi connectivity index (χ2n) is 6.62. The molecule has 0 radical (unpaired) electrons. The highest BCUT2D eigenvalue weighted by Gasteiger charge is 2.32. The van der Waals surface area contributed by atoms with Crippen LogP contribution in [-0.4, -0.2) is 60.5 Å². The van der Waals surface area contributed by atoms with Crippen molar-refractivity contribution >= 4 is 17.6 Å². The molecule has 24 heavy (non-hydrogen) atoms. The Hall–Kier alpha value is -1.51. The molecule has 1 fully saturated rings. The fourth-order valence-electron chi connectivity index (χ4n) is 2.66. The quantitative estimate of drug-likeness (QED) is 0.365. The molecule has 0 aromatic carbocycles. The zero-order valence-electron chi connectivity index (χ0n) is 14.7.